The van der Waals surface area contributed by atoms with Crippen molar-refractivity contribution in [2.75, 3.05) is 19.0 Å². The van der Waals surface area contributed by atoms with Crippen LogP contribution in [0.25, 0.3) is 22.4 Å². The lowest BCUT2D eigenvalue weighted by molar-refractivity contribution is 0.0818. The van der Waals surface area contributed by atoms with Crippen LogP contribution in [0, 0.1) is 11.3 Å². The first-order chi connectivity index (χ1) is 17.9. The number of pyridine rings is 1. The van der Waals surface area contributed by atoms with Gasteiger partial charge in [0.2, 0.25) is 5.88 Å². The van der Waals surface area contributed by atoms with Crippen LogP contribution in [-0.2, 0) is 17.9 Å². The number of anilines is 1. The molecule has 0 saturated carbocycles. The van der Waals surface area contributed by atoms with Gasteiger partial charge in [0.25, 0.3) is 0 Å². The second-order valence-corrected chi connectivity index (χ2v) is 16.2. The largest absolute Gasteiger partial charge is 0.480 e. The highest BCUT2D eigenvalue weighted by Crippen LogP contribution is 2.36. The number of nitriles is 1. The van der Waals surface area contributed by atoms with E-state index in [1.807, 2.05) is 10.7 Å². The third-order valence-corrected chi connectivity index (χ3v) is 8.35. The minimum atomic E-state index is -1.17. The third kappa shape index (κ3) is 5.38. The van der Waals surface area contributed by atoms with E-state index < -0.39 is 8.07 Å². The van der Waals surface area contributed by atoms with Crippen LogP contribution >= 0.6 is 0 Å². The lowest BCUT2D eigenvalue weighted by Gasteiger charge is -2.27. The molecule has 3 heterocycles. The van der Waals surface area contributed by atoms with Crippen molar-refractivity contribution in [1.82, 2.24) is 19.7 Å². The van der Waals surface area contributed by atoms with Crippen molar-refractivity contribution < 1.29 is 13.9 Å². The highest BCUT2D eigenvalue weighted by atomic mass is 28.3. The van der Waals surface area contributed by atoms with E-state index in [0.29, 0.717) is 23.9 Å². The summed E-state index contributed by atoms with van der Waals surface area (Å²) in [7, 11) is 0.379. The van der Waals surface area contributed by atoms with Gasteiger partial charge in [-0.05, 0) is 55.1 Å². The summed E-state index contributed by atoms with van der Waals surface area (Å²) in [6.45, 7) is 8.13. The van der Waals surface area contributed by atoms with E-state index in [1.165, 1.54) is 6.39 Å². The smallest absolute Gasteiger partial charge is 0.231 e. The van der Waals surface area contributed by atoms with Crippen molar-refractivity contribution in [2.45, 2.75) is 57.7 Å². The van der Waals surface area contributed by atoms with E-state index in [2.05, 4.69) is 54.2 Å². The molecule has 1 aromatic carbocycles. The van der Waals surface area contributed by atoms with Crippen LogP contribution in [0.2, 0.25) is 25.7 Å². The molecule has 10 heteroatoms. The lowest BCUT2D eigenvalue weighted by atomic mass is 9.90. The number of hydrogen-bond acceptors (Lipinski definition) is 8. The Morgan fingerprint density at radius 2 is 2.14 bits per heavy atom. The molecule has 1 aliphatic rings. The second-order valence-electron chi connectivity index (χ2n) is 10.6. The van der Waals surface area contributed by atoms with Crippen molar-refractivity contribution >= 4 is 24.7 Å². The Bertz CT molecular complexity index is 1440. The quantitative estimate of drug-likeness (QED) is 0.220. The van der Waals surface area contributed by atoms with Gasteiger partial charge in [-0.15, -0.1) is 0 Å². The minimum Gasteiger partial charge on any atom is -0.480 e. The zero-order valence-corrected chi connectivity index (χ0v) is 22.7. The summed E-state index contributed by atoms with van der Waals surface area (Å²) in [6.07, 6.45) is 5.95. The van der Waals surface area contributed by atoms with Gasteiger partial charge in [0, 0.05) is 25.8 Å². The summed E-state index contributed by atoms with van der Waals surface area (Å²) in [4.78, 5) is 8.79. The van der Waals surface area contributed by atoms with E-state index in [9.17, 15) is 5.26 Å². The maximum absolute atomic E-state index is 9.45. The fourth-order valence-electron chi connectivity index (χ4n) is 4.68. The zero-order valence-electron chi connectivity index (χ0n) is 21.7. The van der Waals surface area contributed by atoms with Gasteiger partial charge in [-0.1, -0.05) is 19.6 Å². The first-order valence-electron chi connectivity index (χ1n) is 12.6. The number of nitrogens with one attached hydrogen (secondary N) is 1. The van der Waals surface area contributed by atoms with Crippen LogP contribution in [0.1, 0.15) is 35.7 Å². The number of aromatic nitrogens is 4. The van der Waals surface area contributed by atoms with Crippen molar-refractivity contribution in [3.63, 3.8) is 0 Å². The Morgan fingerprint density at radius 1 is 1.27 bits per heavy atom. The molecule has 4 aromatic rings. The molecule has 0 radical (unpaired) electrons. The number of rotatable bonds is 9. The number of benzene rings is 1. The minimum absolute atomic E-state index is 0.0107. The lowest BCUT2D eigenvalue weighted by Crippen LogP contribution is -2.22. The van der Waals surface area contributed by atoms with Gasteiger partial charge >= 0.3 is 0 Å². The van der Waals surface area contributed by atoms with Crippen LogP contribution in [-0.4, -0.2) is 41.5 Å². The molecule has 0 saturated heterocycles. The Balaban J connectivity index is 1.44. The first kappa shape index (κ1) is 25.0. The number of nitrogens with zero attached hydrogens (tertiary/aromatic N) is 5. The van der Waals surface area contributed by atoms with Gasteiger partial charge in [-0.2, -0.15) is 10.4 Å². The number of methoxy groups -OCH3 is 1. The standard InChI is InChI=1S/C27H32N6O3Si/c1-34-27-19(14-28)12-18-6-5-7-22(25(18)31-27)30-20-8-9-23-21(13-20)26(24-15-29-16-36-24)32-33(23)17-35-10-11-37(2,3)4/h8-9,12-13,15-16,22,30H,5-7,10-11,17H2,1-4H3. The molecule has 1 atom stereocenters. The SMILES string of the molecule is COc1nc2c(cc1C#N)CCCC2Nc1ccc2c(c1)c(-c1cnco1)nn2COCC[Si](C)(C)C. The summed E-state index contributed by atoms with van der Waals surface area (Å²) in [5.41, 5.74) is 5.15. The molecule has 192 valence electrons. The molecule has 9 nitrogen and oxygen atoms in total. The Kier molecular flexibility index (Phi) is 6.99. The average molecular weight is 517 g/mol. The van der Waals surface area contributed by atoms with Crippen molar-refractivity contribution in [3.05, 3.63) is 53.7 Å². The molecule has 0 bridgehead atoms. The molecule has 1 aliphatic carbocycles. The van der Waals surface area contributed by atoms with Crippen LogP contribution in [0.4, 0.5) is 5.69 Å². The van der Waals surface area contributed by atoms with Gasteiger partial charge in [-0.25, -0.2) is 14.6 Å². The van der Waals surface area contributed by atoms with Crippen LogP contribution in [0.15, 0.2) is 41.3 Å². The topological polar surface area (TPSA) is 111 Å². The van der Waals surface area contributed by atoms with Crippen molar-refractivity contribution in [3.8, 4) is 23.4 Å². The van der Waals surface area contributed by atoms with Gasteiger partial charge < -0.3 is 19.2 Å². The molecule has 0 spiro atoms. The van der Waals surface area contributed by atoms with Crippen LogP contribution in [0.5, 0.6) is 5.88 Å². The fourth-order valence-corrected chi connectivity index (χ4v) is 5.43. The van der Waals surface area contributed by atoms with Gasteiger partial charge in [0.1, 0.15) is 24.1 Å². The molecular formula is C27H32N6O3Si. The number of oxazole rings is 1. The van der Waals surface area contributed by atoms with Crippen LogP contribution in [0.3, 0.4) is 0 Å². The van der Waals surface area contributed by atoms with Crippen LogP contribution < -0.4 is 10.1 Å². The fraction of sp³-hybridized carbons (Fsp3) is 0.407. The summed E-state index contributed by atoms with van der Waals surface area (Å²) in [5, 5.41) is 18.9. The highest BCUT2D eigenvalue weighted by Gasteiger charge is 2.25. The van der Waals surface area contributed by atoms with Crippen molar-refractivity contribution in [1.29, 1.82) is 5.26 Å². The summed E-state index contributed by atoms with van der Waals surface area (Å²) in [6, 6.07) is 11.4. The van der Waals surface area contributed by atoms with E-state index in [0.717, 1.165) is 65.5 Å². The monoisotopic (exact) mass is 516 g/mol. The number of aryl methyl sites for hydroxylation is 1. The molecule has 3 aromatic heterocycles. The average Bonchev–Trinajstić information content (AvgIpc) is 3.53. The molecule has 0 aliphatic heterocycles. The maximum Gasteiger partial charge on any atom is 0.231 e. The predicted octanol–water partition coefficient (Wildman–Crippen LogP) is 5.77. The maximum atomic E-state index is 9.45. The van der Waals surface area contributed by atoms with Gasteiger partial charge in [0.05, 0.1) is 30.6 Å². The Hall–Kier alpha value is -3.68. The zero-order chi connectivity index (χ0) is 26.0. The first-order valence-corrected chi connectivity index (χ1v) is 16.3. The highest BCUT2D eigenvalue weighted by molar-refractivity contribution is 6.76. The van der Waals surface area contributed by atoms with E-state index in [-0.39, 0.29) is 6.04 Å². The predicted molar refractivity (Wildman–Crippen MR) is 144 cm³/mol. The summed E-state index contributed by atoms with van der Waals surface area (Å²) < 4.78 is 18.9. The van der Waals surface area contributed by atoms with E-state index in [4.69, 9.17) is 24.0 Å². The van der Waals surface area contributed by atoms with Gasteiger partial charge in [0.15, 0.2) is 12.2 Å². The molecule has 1 N–H and O–H groups in total. The molecule has 0 amide bonds. The van der Waals surface area contributed by atoms with E-state index in [1.54, 1.807) is 13.3 Å². The second kappa shape index (κ2) is 10.4. The molecule has 37 heavy (non-hydrogen) atoms. The molecular weight excluding hydrogens is 484 g/mol. The Morgan fingerprint density at radius 3 is 2.86 bits per heavy atom. The van der Waals surface area contributed by atoms with E-state index >= 15 is 0 Å². The normalized spacial score (nSPS) is 15.4. The molecule has 1 unspecified atom stereocenters. The third-order valence-electron chi connectivity index (χ3n) is 6.65. The molecule has 5 rings (SSSR count). The molecule has 0 fully saturated rings. The Labute approximate surface area is 217 Å². The number of hydrogen-bond donors (Lipinski definition) is 1. The number of ether oxygens (including phenoxy) is 2. The van der Waals surface area contributed by atoms with Gasteiger partial charge in [-0.3, -0.25) is 0 Å². The van der Waals surface area contributed by atoms with Crippen molar-refractivity contribution in [2.24, 2.45) is 0 Å². The number of fused-ring (bicyclic) bond motifs is 2. The summed E-state index contributed by atoms with van der Waals surface area (Å²) >= 11 is 0. The summed E-state index contributed by atoms with van der Waals surface area (Å²) in [5.74, 6) is 0.981.